The Bertz CT molecular complexity index is 773. The quantitative estimate of drug-likeness (QED) is 0.880. The van der Waals surface area contributed by atoms with Gasteiger partial charge in [-0.2, -0.15) is 0 Å². The van der Waals surface area contributed by atoms with E-state index in [1.807, 2.05) is 38.1 Å². The van der Waals surface area contributed by atoms with Crippen molar-refractivity contribution in [2.75, 3.05) is 18.4 Å². The first-order valence-electron chi connectivity index (χ1n) is 8.92. The van der Waals surface area contributed by atoms with Crippen LogP contribution in [0.5, 0.6) is 0 Å². The predicted molar refractivity (Wildman–Crippen MR) is 105 cm³/mol. The fourth-order valence-corrected chi connectivity index (χ4v) is 2.63. The van der Waals surface area contributed by atoms with E-state index in [0.717, 1.165) is 0 Å². The van der Waals surface area contributed by atoms with Crippen molar-refractivity contribution in [3.8, 4) is 0 Å². The molecule has 1 aromatic carbocycles. The lowest BCUT2D eigenvalue weighted by Crippen LogP contribution is -2.30. The molecule has 1 N–H and O–H groups in total. The Hall–Kier alpha value is -2.69. The number of rotatable bonds is 5. The van der Waals surface area contributed by atoms with Crippen LogP contribution < -0.4 is 5.32 Å². The second-order valence-corrected chi connectivity index (χ2v) is 7.22. The number of hydrogen-bond donors (Lipinski definition) is 1. The molecule has 26 heavy (non-hydrogen) atoms. The monoisotopic (exact) mass is 353 g/mol. The molecule has 0 saturated carbocycles. The summed E-state index contributed by atoms with van der Waals surface area (Å²) in [5, 5.41) is 2.86. The van der Waals surface area contributed by atoms with E-state index in [0.29, 0.717) is 29.9 Å². The molecule has 0 aliphatic carbocycles. The van der Waals surface area contributed by atoms with Crippen LogP contribution in [0.4, 0.5) is 5.69 Å². The number of carbonyl (C=O) groups excluding carboxylic acids is 2. The molecule has 0 radical (unpaired) electrons. The van der Waals surface area contributed by atoms with E-state index in [9.17, 15) is 9.59 Å². The first-order chi connectivity index (χ1) is 12.3. The van der Waals surface area contributed by atoms with Gasteiger partial charge in [0, 0.05) is 31.2 Å². The van der Waals surface area contributed by atoms with Gasteiger partial charge in [-0.1, -0.05) is 32.9 Å². The van der Waals surface area contributed by atoms with Crippen molar-refractivity contribution in [1.82, 2.24) is 9.88 Å². The Kier molecular flexibility index (Phi) is 6.14. The standard InChI is InChI=1S/C21H27N3O2/c1-6-24(7-2)20(26)16-12-15(13-22-14-16)19(25)23-18-10-8-17(9-11-18)21(3,4)5/h8-14H,6-7H2,1-5H3,(H,23,25). The third-order valence-electron chi connectivity index (χ3n) is 4.31. The Morgan fingerprint density at radius 1 is 1.00 bits per heavy atom. The van der Waals surface area contributed by atoms with E-state index in [-0.39, 0.29) is 17.2 Å². The molecule has 2 aromatic rings. The molecule has 2 amide bonds. The summed E-state index contributed by atoms with van der Waals surface area (Å²) >= 11 is 0. The minimum atomic E-state index is -0.282. The van der Waals surface area contributed by atoms with Crippen LogP contribution in [-0.4, -0.2) is 34.8 Å². The zero-order chi connectivity index (χ0) is 19.3. The summed E-state index contributed by atoms with van der Waals surface area (Å²) in [6.07, 6.45) is 2.97. The lowest BCUT2D eigenvalue weighted by atomic mass is 9.87. The molecular weight excluding hydrogens is 326 g/mol. The van der Waals surface area contributed by atoms with E-state index in [4.69, 9.17) is 0 Å². The summed E-state index contributed by atoms with van der Waals surface area (Å²) in [5.41, 5.74) is 2.76. The number of anilines is 1. The van der Waals surface area contributed by atoms with Gasteiger partial charge in [-0.3, -0.25) is 14.6 Å². The number of benzene rings is 1. The van der Waals surface area contributed by atoms with Gasteiger partial charge < -0.3 is 10.2 Å². The average Bonchev–Trinajstić information content (AvgIpc) is 2.62. The fraction of sp³-hybridized carbons (Fsp3) is 0.381. The van der Waals surface area contributed by atoms with Crippen molar-refractivity contribution >= 4 is 17.5 Å². The first-order valence-corrected chi connectivity index (χ1v) is 8.92. The lowest BCUT2D eigenvalue weighted by Gasteiger charge is -2.19. The molecule has 0 aliphatic heterocycles. The minimum Gasteiger partial charge on any atom is -0.339 e. The largest absolute Gasteiger partial charge is 0.339 e. The van der Waals surface area contributed by atoms with Crippen molar-refractivity contribution < 1.29 is 9.59 Å². The summed E-state index contributed by atoms with van der Waals surface area (Å²) in [5.74, 6) is -0.401. The summed E-state index contributed by atoms with van der Waals surface area (Å²) in [7, 11) is 0. The highest BCUT2D eigenvalue weighted by molar-refractivity contribution is 6.05. The molecule has 138 valence electrons. The molecule has 0 spiro atoms. The summed E-state index contributed by atoms with van der Waals surface area (Å²) < 4.78 is 0. The van der Waals surface area contributed by atoms with Crippen LogP contribution in [0, 0.1) is 0 Å². The van der Waals surface area contributed by atoms with Crippen molar-refractivity contribution in [2.45, 2.75) is 40.0 Å². The van der Waals surface area contributed by atoms with Crippen molar-refractivity contribution in [1.29, 1.82) is 0 Å². The highest BCUT2D eigenvalue weighted by atomic mass is 16.2. The minimum absolute atomic E-state index is 0.0611. The van der Waals surface area contributed by atoms with Gasteiger partial charge in [0.2, 0.25) is 0 Å². The van der Waals surface area contributed by atoms with Crippen LogP contribution in [0.25, 0.3) is 0 Å². The van der Waals surface area contributed by atoms with E-state index in [1.165, 1.54) is 18.0 Å². The zero-order valence-corrected chi connectivity index (χ0v) is 16.2. The molecule has 5 heteroatoms. The van der Waals surface area contributed by atoms with Gasteiger partial charge in [-0.25, -0.2) is 0 Å². The molecule has 0 atom stereocenters. The molecule has 0 unspecified atom stereocenters. The topological polar surface area (TPSA) is 62.3 Å². The molecule has 0 aliphatic rings. The van der Waals surface area contributed by atoms with Crippen LogP contribution in [0.15, 0.2) is 42.7 Å². The molecule has 1 aromatic heterocycles. The number of nitrogens with zero attached hydrogens (tertiary/aromatic N) is 2. The average molecular weight is 353 g/mol. The Labute approximate surface area is 155 Å². The second-order valence-electron chi connectivity index (χ2n) is 7.22. The van der Waals surface area contributed by atoms with Crippen LogP contribution in [0.3, 0.4) is 0 Å². The molecular formula is C21H27N3O2. The molecule has 0 fully saturated rings. The molecule has 2 rings (SSSR count). The predicted octanol–water partition coefficient (Wildman–Crippen LogP) is 4.11. The molecule has 0 bridgehead atoms. The number of amides is 2. The molecule has 1 heterocycles. The maximum Gasteiger partial charge on any atom is 0.257 e. The second kappa shape index (κ2) is 8.13. The van der Waals surface area contributed by atoms with Gasteiger partial charge in [0.25, 0.3) is 11.8 Å². The normalized spacial score (nSPS) is 11.1. The van der Waals surface area contributed by atoms with Crippen molar-refractivity contribution in [3.05, 3.63) is 59.4 Å². The summed E-state index contributed by atoms with van der Waals surface area (Å²) in [6, 6.07) is 9.38. The van der Waals surface area contributed by atoms with Crippen molar-refractivity contribution in [3.63, 3.8) is 0 Å². The van der Waals surface area contributed by atoms with Crippen molar-refractivity contribution in [2.24, 2.45) is 0 Å². The number of nitrogens with one attached hydrogen (secondary N) is 1. The number of carbonyl (C=O) groups is 2. The van der Waals surface area contributed by atoms with Crippen LogP contribution in [0.2, 0.25) is 0 Å². The first kappa shape index (κ1) is 19.6. The summed E-state index contributed by atoms with van der Waals surface area (Å²) in [4.78, 5) is 30.7. The number of pyridine rings is 1. The third kappa shape index (κ3) is 4.69. The van der Waals surface area contributed by atoms with Crippen LogP contribution >= 0.6 is 0 Å². The maximum atomic E-state index is 12.5. The highest BCUT2D eigenvalue weighted by Gasteiger charge is 2.16. The van der Waals surface area contributed by atoms with Gasteiger partial charge in [0.05, 0.1) is 11.1 Å². The smallest absolute Gasteiger partial charge is 0.257 e. The van der Waals surface area contributed by atoms with Gasteiger partial charge in [-0.15, -0.1) is 0 Å². The van der Waals surface area contributed by atoms with Gasteiger partial charge >= 0.3 is 0 Å². The summed E-state index contributed by atoms with van der Waals surface area (Å²) in [6.45, 7) is 11.5. The van der Waals surface area contributed by atoms with E-state index in [1.54, 1.807) is 11.0 Å². The van der Waals surface area contributed by atoms with Gasteiger partial charge in [0.1, 0.15) is 0 Å². The van der Waals surface area contributed by atoms with E-state index >= 15 is 0 Å². The maximum absolute atomic E-state index is 12.5. The third-order valence-corrected chi connectivity index (χ3v) is 4.31. The van der Waals surface area contributed by atoms with Gasteiger partial charge in [-0.05, 0) is 43.0 Å². The Morgan fingerprint density at radius 3 is 2.12 bits per heavy atom. The van der Waals surface area contributed by atoms with E-state index < -0.39 is 0 Å². The van der Waals surface area contributed by atoms with Crippen LogP contribution in [-0.2, 0) is 5.41 Å². The Morgan fingerprint density at radius 2 is 1.58 bits per heavy atom. The van der Waals surface area contributed by atoms with Crippen LogP contribution in [0.1, 0.15) is 60.9 Å². The zero-order valence-electron chi connectivity index (χ0n) is 16.2. The Balaban J connectivity index is 2.15. The molecule has 5 nitrogen and oxygen atoms in total. The SMILES string of the molecule is CCN(CC)C(=O)c1cncc(C(=O)Nc2ccc(C(C)(C)C)cc2)c1. The number of hydrogen-bond acceptors (Lipinski definition) is 3. The lowest BCUT2D eigenvalue weighted by molar-refractivity contribution is 0.0772. The van der Waals surface area contributed by atoms with Gasteiger partial charge in [0.15, 0.2) is 0 Å². The molecule has 0 saturated heterocycles. The number of aromatic nitrogens is 1. The fourth-order valence-electron chi connectivity index (χ4n) is 2.63. The highest BCUT2D eigenvalue weighted by Crippen LogP contribution is 2.23. The van der Waals surface area contributed by atoms with E-state index in [2.05, 4.69) is 31.1 Å².